The number of hydrogen-bond donors (Lipinski definition) is 0. The SMILES string of the molecule is Cn1c(=O)n(CCC(=O)N2CCCCCC2c2noc(-c3ccccc3)n2)c2ccccc21. The van der Waals surface area contributed by atoms with Gasteiger partial charge >= 0.3 is 5.69 Å². The number of fused-ring (bicyclic) bond motifs is 1. The Balaban J connectivity index is 1.37. The minimum atomic E-state index is -0.217. The number of nitrogens with zero attached hydrogens (tertiary/aromatic N) is 5. The highest BCUT2D eigenvalue weighted by Crippen LogP contribution is 2.30. The first-order valence-electron chi connectivity index (χ1n) is 11.5. The maximum atomic E-state index is 13.4. The number of likely N-dealkylation sites (tertiary alicyclic amines) is 1. The zero-order valence-corrected chi connectivity index (χ0v) is 18.7. The van der Waals surface area contributed by atoms with Crippen molar-refractivity contribution in [1.82, 2.24) is 24.2 Å². The third kappa shape index (κ3) is 4.08. The molecule has 1 aliphatic rings. The molecular formula is C25H27N5O3. The van der Waals surface area contributed by atoms with Crippen molar-refractivity contribution in [2.24, 2.45) is 7.05 Å². The quantitative estimate of drug-likeness (QED) is 0.465. The van der Waals surface area contributed by atoms with E-state index in [2.05, 4.69) is 10.1 Å². The van der Waals surface area contributed by atoms with E-state index in [1.807, 2.05) is 59.5 Å². The Labute approximate surface area is 191 Å². The Morgan fingerprint density at radius 3 is 2.61 bits per heavy atom. The molecule has 1 amide bonds. The van der Waals surface area contributed by atoms with Gasteiger partial charge in [-0.1, -0.05) is 48.3 Å². The molecule has 33 heavy (non-hydrogen) atoms. The van der Waals surface area contributed by atoms with Gasteiger partial charge in [-0.05, 0) is 37.1 Å². The van der Waals surface area contributed by atoms with Crippen molar-refractivity contribution >= 4 is 16.9 Å². The number of benzene rings is 2. The van der Waals surface area contributed by atoms with Gasteiger partial charge < -0.3 is 9.42 Å². The van der Waals surface area contributed by atoms with Crippen LogP contribution >= 0.6 is 0 Å². The van der Waals surface area contributed by atoms with Crippen molar-refractivity contribution in [3.8, 4) is 11.5 Å². The van der Waals surface area contributed by atoms with Gasteiger partial charge in [-0.15, -0.1) is 0 Å². The number of carbonyl (C=O) groups excluding carboxylic acids is 1. The van der Waals surface area contributed by atoms with Gasteiger partial charge in [0.15, 0.2) is 5.82 Å². The summed E-state index contributed by atoms with van der Waals surface area (Å²) in [6.45, 7) is 0.993. The predicted octanol–water partition coefficient (Wildman–Crippen LogP) is 3.92. The number of amides is 1. The van der Waals surface area contributed by atoms with Crippen LogP contribution in [-0.4, -0.2) is 36.6 Å². The molecule has 0 N–H and O–H groups in total. The second kappa shape index (κ2) is 9.05. The lowest BCUT2D eigenvalue weighted by Gasteiger charge is -2.28. The van der Waals surface area contributed by atoms with Crippen LogP contribution in [0.25, 0.3) is 22.5 Å². The molecule has 3 heterocycles. The Hall–Kier alpha value is -3.68. The van der Waals surface area contributed by atoms with Crippen molar-refractivity contribution in [3.05, 3.63) is 70.9 Å². The van der Waals surface area contributed by atoms with Gasteiger partial charge in [0, 0.05) is 32.1 Å². The molecule has 1 aliphatic heterocycles. The van der Waals surface area contributed by atoms with Gasteiger partial charge in [0.1, 0.15) is 0 Å². The van der Waals surface area contributed by atoms with E-state index in [4.69, 9.17) is 4.52 Å². The van der Waals surface area contributed by atoms with E-state index < -0.39 is 0 Å². The van der Waals surface area contributed by atoms with Gasteiger partial charge in [-0.3, -0.25) is 13.9 Å². The van der Waals surface area contributed by atoms with Gasteiger partial charge in [-0.2, -0.15) is 4.98 Å². The lowest BCUT2D eigenvalue weighted by molar-refractivity contribution is -0.134. The molecule has 170 valence electrons. The fraction of sp³-hybridized carbons (Fsp3) is 0.360. The zero-order valence-electron chi connectivity index (χ0n) is 18.7. The van der Waals surface area contributed by atoms with Crippen LogP contribution in [0, 0.1) is 0 Å². The van der Waals surface area contributed by atoms with Gasteiger partial charge in [0.2, 0.25) is 5.91 Å². The number of hydrogen-bond acceptors (Lipinski definition) is 5. The molecule has 1 saturated heterocycles. The number of para-hydroxylation sites is 2. The molecule has 8 nitrogen and oxygen atoms in total. The van der Waals surface area contributed by atoms with Crippen molar-refractivity contribution in [3.63, 3.8) is 0 Å². The first-order valence-corrected chi connectivity index (χ1v) is 11.5. The van der Waals surface area contributed by atoms with Gasteiger partial charge in [0.25, 0.3) is 5.89 Å². The average Bonchev–Trinajstić information content (AvgIpc) is 3.33. The van der Waals surface area contributed by atoms with Gasteiger partial charge in [0.05, 0.1) is 17.1 Å². The summed E-state index contributed by atoms with van der Waals surface area (Å²) < 4.78 is 8.83. The minimum absolute atomic E-state index is 0.00722. The number of aryl methyl sites for hydroxylation is 2. The third-order valence-corrected chi connectivity index (χ3v) is 6.43. The van der Waals surface area contributed by atoms with Crippen LogP contribution in [-0.2, 0) is 18.4 Å². The summed E-state index contributed by atoms with van der Waals surface area (Å²) in [5, 5.41) is 4.23. The maximum absolute atomic E-state index is 13.4. The van der Waals surface area contributed by atoms with Crippen LogP contribution in [0.4, 0.5) is 0 Å². The van der Waals surface area contributed by atoms with E-state index >= 15 is 0 Å². The van der Waals surface area contributed by atoms with Crippen LogP contribution in [0.5, 0.6) is 0 Å². The molecule has 0 aliphatic carbocycles. The summed E-state index contributed by atoms with van der Waals surface area (Å²) in [6, 6.07) is 17.1. The first-order chi connectivity index (χ1) is 16.1. The fourth-order valence-electron chi connectivity index (χ4n) is 4.67. The summed E-state index contributed by atoms with van der Waals surface area (Å²) in [4.78, 5) is 32.6. The molecule has 1 unspecified atom stereocenters. The first kappa shape index (κ1) is 21.2. The van der Waals surface area contributed by atoms with Crippen LogP contribution in [0.1, 0.15) is 44.0 Å². The van der Waals surface area contributed by atoms with Crippen LogP contribution < -0.4 is 5.69 Å². The highest BCUT2D eigenvalue weighted by Gasteiger charge is 2.30. The van der Waals surface area contributed by atoms with E-state index in [0.29, 0.717) is 24.8 Å². The molecule has 5 rings (SSSR count). The van der Waals surface area contributed by atoms with Crippen LogP contribution in [0.2, 0.25) is 0 Å². The highest BCUT2D eigenvalue weighted by atomic mass is 16.5. The summed E-state index contributed by atoms with van der Waals surface area (Å²) in [5.41, 5.74) is 2.46. The number of rotatable bonds is 5. The van der Waals surface area contributed by atoms with E-state index in [9.17, 15) is 9.59 Å². The lowest BCUT2D eigenvalue weighted by Crippen LogP contribution is -2.36. The zero-order chi connectivity index (χ0) is 22.8. The van der Waals surface area contributed by atoms with E-state index in [0.717, 1.165) is 42.3 Å². The fourth-order valence-corrected chi connectivity index (χ4v) is 4.67. The van der Waals surface area contributed by atoms with Crippen molar-refractivity contribution < 1.29 is 9.32 Å². The van der Waals surface area contributed by atoms with Crippen LogP contribution in [0.15, 0.2) is 63.9 Å². The predicted molar refractivity (Wildman–Crippen MR) is 124 cm³/mol. The Bertz CT molecular complexity index is 1320. The normalized spacial score (nSPS) is 16.8. The van der Waals surface area contributed by atoms with Crippen molar-refractivity contribution in [1.29, 1.82) is 0 Å². The topological polar surface area (TPSA) is 86.2 Å². The standard InChI is InChI=1S/C25H27N5O3/c1-28-19-12-7-8-13-20(19)30(25(28)32)17-15-22(31)29-16-9-3-6-14-21(29)23-26-24(33-27-23)18-10-4-2-5-11-18/h2,4-5,7-8,10-13,21H,3,6,9,14-17H2,1H3. The maximum Gasteiger partial charge on any atom is 0.328 e. The summed E-state index contributed by atoms with van der Waals surface area (Å²) in [6.07, 6.45) is 4.06. The Kier molecular flexibility index (Phi) is 5.81. The lowest BCUT2D eigenvalue weighted by atomic mass is 10.1. The number of carbonyl (C=O) groups is 1. The third-order valence-electron chi connectivity index (χ3n) is 6.43. The monoisotopic (exact) mass is 445 g/mol. The molecule has 0 spiro atoms. The molecular weight excluding hydrogens is 418 g/mol. The average molecular weight is 446 g/mol. The summed E-state index contributed by atoms with van der Waals surface area (Å²) in [5.74, 6) is 1.02. The molecule has 0 bridgehead atoms. The summed E-state index contributed by atoms with van der Waals surface area (Å²) >= 11 is 0. The molecule has 2 aromatic carbocycles. The van der Waals surface area contributed by atoms with E-state index in [1.54, 1.807) is 16.2 Å². The van der Waals surface area contributed by atoms with E-state index in [1.165, 1.54) is 0 Å². The second-order valence-corrected chi connectivity index (χ2v) is 8.51. The smallest absolute Gasteiger partial charge is 0.328 e. The number of aromatic nitrogens is 4. The second-order valence-electron chi connectivity index (χ2n) is 8.51. The Morgan fingerprint density at radius 1 is 1.03 bits per heavy atom. The molecule has 1 atom stereocenters. The van der Waals surface area contributed by atoms with Gasteiger partial charge in [-0.25, -0.2) is 4.79 Å². The minimum Gasteiger partial charge on any atom is -0.334 e. The van der Waals surface area contributed by atoms with Crippen LogP contribution in [0.3, 0.4) is 0 Å². The molecule has 1 fully saturated rings. The molecule has 2 aromatic heterocycles. The highest BCUT2D eigenvalue weighted by molar-refractivity contribution is 5.78. The number of imidazole rings is 1. The van der Waals surface area contributed by atoms with Crippen molar-refractivity contribution in [2.45, 2.75) is 44.7 Å². The molecule has 0 radical (unpaired) electrons. The largest absolute Gasteiger partial charge is 0.334 e. The molecule has 4 aromatic rings. The molecule has 8 heteroatoms. The van der Waals surface area contributed by atoms with E-state index in [-0.39, 0.29) is 24.1 Å². The molecule has 0 saturated carbocycles. The van der Waals surface area contributed by atoms with Crippen molar-refractivity contribution in [2.75, 3.05) is 6.54 Å². The summed E-state index contributed by atoms with van der Waals surface area (Å²) in [7, 11) is 1.76. The Morgan fingerprint density at radius 2 is 1.79 bits per heavy atom.